The van der Waals surface area contributed by atoms with Crippen molar-refractivity contribution in [3.05, 3.63) is 0 Å². The number of rotatable bonds is 1. The molecule has 1 atom stereocenters. The molecule has 13 heavy (non-hydrogen) atoms. The number of nitrogens with zero attached hydrogens (tertiary/aromatic N) is 2. The predicted molar refractivity (Wildman–Crippen MR) is 52.2 cm³/mol. The first-order chi connectivity index (χ1) is 12.9. The Bertz CT molecular complexity index is 768. The lowest BCUT2D eigenvalue weighted by atomic mass is 9.96. The highest BCUT2D eigenvalue weighted by Gasteiger charge is 2.43. The number of nitriles is 1. The highest BCUT2D eigenvalue weighted by atomic mass is 15.2. The molecule has 0 aromatic heterocycles. The SMILES string of the molecule is [2H]C([2H])C1([2H])N(C2(C#N)C([2H])([2H])C([2H])([2H])C([2H])([2H])C2([2H])[2H])C([2H])([2H])C([2H])([2H])C1([2H])[2H]. The van der Waals surface area contributed by atoms with Gasteiger partial charge < -0.3 is 0 Å². The van der Waals surface area contributed by atoms with E-state index in [0.29, 0.717) is 0 Å². The zero-order valence-corrected chi connectivity index (χ0v) is 6.47. The van der Waals surface area contributed by atoms with E-state index in [1.54, 1.807) is 0 Å². The third kappa shape index (κ3) is 1.36. The summed E-state index contributed by atoms with van der Waals surface area (Å²) in [5.74, 6) is 0. The Morgan fingerprint density at radius 2 is 2.38 bits per heavy atom. The van der Waals surface area contributed by atoms with Gasteiger partial charge in [-0.15, -0.1) is 0 Å². The quantitative estimate of drug-likeness (QED) is 0.642. The Kier molecular flexibility index (Phi) is 0.448. The highest BCUT2D eigenvalue weighted by Crippen LogP contribution is 2.38. The van der Waals surface area contributed by atoms with Crippen LogP contribution in [0.3, 0.4) is 0 Å². The predicted octanol–water partition coefficient (Wildman–Crippen LogP) is 2.31. The molecule has 72 valence electrons. The fourth-order valence-electron chi connectivity index (χ4n) is 1.02. The van der Waals surface area contributed by atoms with Gasteiger partial charge in [-0.3, -0.25) is 4.90 Å². The van der Waals surface area contributed by atoms with E-state index >= 15 is 0 Å². The van der Waals surface area contributed by atoms with Crippen LogP contribution in [0.5, 0.6) is 0 Å². The van der Waals surface area contributed by atoms with Gasteiger partial charge in [0.2, 0.25) is 0 Å². The monoisotopic (exact) mass is 195 g/mol. The van der Waals surface area contributed by atoms with E-state index < -0.39 is 68.1 Å². The van der Waals surface area contributed by atoms with Crippen LogP contribution in [0.25, 0.3) is 0 Å². The number of hydrogen-bond donors (Lipinski definition) is 0. The minimum absolute atomic E-state index is 0.597. The molecule has 0 amide bonds. The Hall–Kier alpha value is -0.550. The van der Waals surface area contributed by atoms with Crippen molar-refractivity contribution in [2.75, 3.05) is 6.50 Å². The van der Waals surface area contributed by atoms with Gasteiger partial charge in [-0.1, -0.05) is 12.7 Å². The van der Waals surface area contributed by atoms with Gasteiger partial charge in [0, 0.05) is 29.3 Å². The largest absolute Gasteiger partial charge is 0.283 e. The van der Waals surface area contributed by atoms with Crippen molar-refractivity contribution >= 4 is 0 Å². The Balaban J connectivity index is 3.17. The zero-order valence-electron chi connectivity index (χ0n) is 23.5. The minimum Gasteiger partial charge on any atom is -0.283 e. The van der Waals surface area contributed by atoms with Crippen LogP contribution in [0, 0.1) is 11.3 Å². The summed E-state index contributed by atoms with van der Waals surface area (Å²) in [5.41, 5.74) is -3.99. The topological polar surface area (TPSA) is 27.0 Å². The standard InChI is InChI=1S/C11H18N2/c1-10-5-4-8-13(10)11(9-12)6-2-3-7-11/h10H,2-8H2,1H3/i1D2,2D2,3D2,4D2,5D2,6D2,7D2,8D2,10D. The van der Waals surface area contributed by atoms with Gasteiger partial charge in [0.25, 0.3) is 0 Å². The molecule has 2 nitrogen and oxygen atoms in total. The van der Waals surface area contributed by atoms with Crippen LogP contribution in [0.1, 0.15) is 68.4 Å². The second kappa shape index (κ2) is 3.31. The van der Waals surface area contributed by atoms with Crippen LogP contribution in [0.2, 0.25) is 0 Å². The molecule has 0 radical (unpaired) electrons. The molecule has 1 saturated carbocycles. The van der Waals surface area contributed by atoms with Crippen molar-refractivity contribution in [2.45, 2.75) is 56.7 Å². The normalized spacial score (nSPS) is 85.7. The van der Waals surface area contributed by atoms with Gasteiger partial charge in [0.05, 0.1) is 6.07 Å². The van der Waals surface area contributed by atoms with E-state index in [1.807, 2.05) is 0 Å². The van der Waals surface area contributed by atoms with Crippen LogP contribution in [0.4, 0.5) is 0 Å². The molecule has 1 aliphatic heterocycles. The fourth-order valence-corrected chi connectivity index (χ4v) is 1.02. The first kappa shape index (κ1) is 1.76. The average Bonchev–Trinajstić information content (AvgIpc) is 2.67. The first-order valence-corrected chi connectivity index (χ1v) is 3.43. The summed E-state index contributed by atoms with van der Waals surface area (Å²) in [6.07, 6.45) is -23.3. The van der Waals surface area contributed by atoms with E-state index in [1.165, 1.54) is 0 Å². The maximum Gasteiger partial charge on any atom is 0.109 e. The van der Waals surface area contributed by atoms with Crippen LogP contribution in [0.15, 0.2) is 0 Å². The Morgan fingerprint density at radius 3 is 3.00 bits per heavy atom. The van der Waals surface area contributed by atoms with Crippen LogP contribution in [-0.4, -0.2) is 23.0 Å². The molecule has 0 aromatic carbocycles. The Labute approximate surface area is 104 Å². The summed E-state index contributed by atoms with van der Waals surface area (Å²) in [6, 6.07) is -2.80. The smallest absolute Gasteiger partial charge is 0.109 e. The molecule has 2 aliphatic rings. The van der Waals surface area contributed by atoms with Crippen LogP contribution >= 0.6 is 0 Å². The maximum atomic E-state index is 9.88. The van der Waals surface area contributed by atoms with E-state index in [0.717, 1.165) is 6.07 Å². The molecule has 2 fully saturated rings. The molecule has 1 saturated heterocycles. The van der Waals surface area contributed by atoms with Crippen molar-refractivity contribution in [2.24, 2.45) is 0 Å². The van der Waals surface area contributed by atoms with Crippen molar-refractivity contribution in [1.82, 2.24) is 4.90 Å². The minimum atomic E-state index is -3.99. The third-order valence-corrected chi connectivity index (χ3v) is 1.65. The maximum absolute atomic E-state index is 9.88. The van der Waals surface area contributed by atoms with E-state index in [2.05, 4.69) is 0 Å². The van der Waals surface area contributed by atoms with Crippen molar-refractivity contribution in [3.8, 4) is 6.07 Å². The van der Waals surface area contributed by atoms with Gasteiger partial charge in [0.15, 0.2) is 0 Å². The highest BCUT2D eigenvalue weighted by molar-refractivity contribution is 5.12. The van der Waals surface area contributed by atoms with E-state index in [-0.39, 0.29) is 0 Å². The summed E-state index contributed by atoms with van der Waals surface area (Å²) in [5, 5.41) is 9.88. The molecular weight excluding hydrogens is 160 g/mol. The van der Waals surface area contributed by atoms with Crippen LogP contribution < -0.4 is 0 Å². The molecule has 2 rings (SSSR count). The summed E-state index contributed by atoms with van der Waals surface area (Å²) in [4.78, 5) is -0.597. The van der Waals surface area contributed by atoms with Crippen molar-refractivity contribution < 1.29 is 23.3 Å². The molecule has 2 heteroatoms. The van der Waals surface area contributed by atoms with Crippen LogP contribution in [-0.2, 0) is 0 Å². The lowest BCUT2D eigenvalue weighted by Crippen LogP contribution is -2.47. The van der Waals surface area contributed by atoms with E-state index in [4.69, 9.17) is 23.3 Å². The number of hydrogen-bond acceptors (Lipinski definition) is 2. The molecule has 0 bridgehead atoms. The summed E-state index contributed by atoms with van der Waals surface area (Å²) in [7, 11) is 0. The third-order valence-electron chi connectivity index (χ3n) is 1.65. The molecule has 1 unspecified atom stereocenters. The van der Waals surface area contributed by atoms with E-state index in [9.17, 15) is 5.26 Å². The van der Waals surface area contributed by atoms with Crippen molar-refractivity contribution in [3.63, 3.8) is 0 Å². The zero-order chi connectivity index (χ0) is 24.4. The molecule has 0 N–H and O–H groups in total. The second-order valence-electron chi connectivity index (χ2n) is 2.40. The molecule has 0 spiro atoms. The summed E-state index contributed by atoms with van der Waals surface area (Å²) in [6.45, 7) is -6.79. The van der Waals surface area contributed by atoms with Gasteiger partial charge in [-0.2, -0.15) is 5.26 Å². The first-order valence-electron chi connectivity index (χ1n) is 12.1. The fraction of sp³-hybridized carbons (Fsp3) is 0.909. The second-order valence-corrected chi connectivity index (χ2v) is 2.40. The average molecular weight is 195 g/mol. The molecule has 0 aromatic rings. The van der Waals surface area contributed by atoms with Gasteiger partial charge >= 0.3 is 0 Å². The molecule has 1 heterocycles. The molecular formula is C11H18N2. The lowest BCUT2D eigenvalue weighted by molar-refractivity contribution is 0.135. The Morgan fingerprint density at radius 1 is 1.62 bits per heavy atom. The van der Waals surface area contributed by atoms with Gasteiger partial charge in [0.1, 0.15) is 5.54 Å². The number of likely N-dealkylation sites (tertiary alicyclic amines) is 1. The van der Waals surface area contributed by atoms with Crippen molar-refractivity contribution in [1.29, 1.82) is 5.26 Å². The molecule has 1 aliphatic carbocycles. The van der Waals surface area contributed by atoms with Gasteiger partial charge in [-0.05, 0) is 38.9 Å². The van der Waals surface area contributed by atoms with Gasteiger partial charge in [-0.25, -0.2) is 0 Å². The lowest BCUT2D eigenvalue weighted by Gasteiger charge is -2.35. The summed E-state index contributed by atoms with van der Waals surface area (Å²) < 4.78 is 136. The summed E-state index contributed by atoms with van der Waals surface area (Å²) >= 11 is 0.